The van der Waals surface area contributed by atoms with Crippen LogP contribution in [0.25, 0.3) is 0 Å². The molecule has 1 heterocycles. The third-order valence-electron chi connectivity index (χ3n) is 3.20. The summed E-state index contributed by atoms with van der Waals surface area (Å²) in [6, 6.07) is 7.28. The van der Waals surface area contributed by atoms with Crippen molar-refractivity contribution in [1.82, 2.24) is 4.90 Å². The van der Waals surface area contributed by atoms with Gasteiger partial charge in [0.25, 0.3) is 0 Å². The summed E-state index contributed by atoms with van der Waals surface area (Å²) in [6.45, 7) is 9.57. The van der Waals surface area contributed by atoms with Crippen LogP contribution in [-0.2, 0) is 4.74 Å². The van der Waals surface area contributed by atoms with Crippen molar-refractivity contribution in [3.63, 3.8) is 0 Å². The number of carbonyl (C=O) groups excluding carboxylic acids is 1. The molecule has 21 heavy (non-hydrogen) atoms. The predicted octanol–water partition coefficient (Wildman–Crippen LogP) is 3.98. The van der Waals surface area contributed by atoms with E-state index in [0.717, 1.165) is 5.75 Å². The minimum Gasteiger partial charge on any atom is -0.493 e. The average molecular weight is 312 g/mol. The monoisotopic (exact) mass is 311 g/mol. The number of likely N-dealkylation sites (tertiary alicyclic amines) is 1. The van der Waals surface area contributed by atoms with Gasteiger partial charge in [-0.15, -0.1) is 0 Å². The van der Waals surface area contributed by atoms with Crippen LogP contribution >= 0.6 is 11.6 Å². The SMILES string of the molecule is CC1(COc2ccc(Cl)cc2)CN(C(=O)OC(C)(C)C)C1. The third-order valence-corrected chi connectivity index (χ3v) is 3.45. The maximum atomic E-state index is 11.9. The van der Waals surface area contributed by atoms with Gasteiger partial charge >= 0.3 is 6.09 Å². The van der Waals surface area contributed by atoms with Crippen LogP contribution in [-0.4, -0.2) is 36.3 Å². The van der Waals surface area contributed by atoms with E-state index in [1.807, 2.05) is 32.9 Å². The summed E-state index contributed by atoms with van der Waals surface area (Å²) in [5.74, 6) is 0.788. The summed E-state index contributed by atoms with van der Waals surface area (Å²) in [5.41, 5.74) is -0.487. The molecule has 116 valence electrons. The first-order valence-electron chi connectivity index (χ1n) is 7.03. The first kappa shape index (κ1) is 16.0. The Balaban J connectivity index is 1.79. The zero-order valence-corrected chi connectivity index (χ0v) is 13.7. The fraction of sp³-hybridized carbons (Fsp3) is 0.562. The van der Waals surface area contributed by atoms with E-state index in [4.69, 9.17) is 21.1 Å². The van der Waals surface area contributed by atoms with Gasteiger partial charge in [0.15, 0.2) is 0 Å². The van der Waals surface area contributed by atoms with Crippen LogP contribution in [0.1, 0.15) is 27.7 Å². The quantitative estimate of drug-likeness (QED) is 0.847. The Morgan fingerprint density at radius 2 is 1.86 bits per heavy atom. The molecule has 0 bridgehead atoms. The van der Waals surface area contributed by atoms with E-state index in [0.29, 0.717) is 24.7 Å². The third kappa shape index (κ3) is 4.53. The molecule has 1 amide bonds. The second-order valence-electron chi connectivity index (χ2n) is 6.89. The molecule has 0 aromatic heterocycles. The maximum absolute atomic E-state index is 11.9. The largest absolute Gasteiger partial charge is 0.493 e. The highest BCUT2D eigenvalue weighted by Crippen LogP contribution is 2.32. The maximum Gasteiger partial charge on any atom is 0.410 e. The molecule has 2 rings (SSSR count). The van der Waals surface area contributed by atoms with Crippen LogP contribution in [0.4, 0.5) is 4.79 Å². The summed E-state index contributed by atoms with van der Waals surface area (Å²) < 4.78 is 11.1. The van der Waals surface area contributed by atoms with Crippen LogP contribution < -0.4 is 4.74 Å². The number of hydrogen-bond donors (Lipinski definition) is 0. The number of hydrogen-bond acceptors (Lipinski definition) is 3. The first-order chi connectivity index (χ1) is 9.67. The van der Waals surface area contributed by atoms with Gasteiger partial charge in [-0.2, -0.15) is 0 Å². The lowest BCUT2D eigenvalue weighted by atomic mass is 9.83. The summed E-state index contributed by atoms with van der Waals surface area (Å²) >= 11 is 5.83. The Labute approximate surface area is 131 Å². The van der Waals surface area contributed by atoms with Gasteiger partial charge in [-0.25, -0.2) is 4.79 Å². The van der Waals surface area contributed by atoms with Gasteiger partial charge in [-0.3, -0.25) is 0 Å². The first-order valence-corrected chi connectivity index (χ1v) is 7.41. The number of nitrogens with zero attached hydrogens (tertiary/aromatic N) is 1. The fourth-order valence-corrected chi connectivity index (χ4v) is 2.34. The van der Waals surface area contributed by atoms with Crippen molar-refractivity contribution < 1.29 is 14.3 Å². The Morgan fingerprint density at radius 1 is 1.29 bits per heavy atom. The molecule has 0 N–H and O–H groups in total. The van der Waals surface area contributed by atoms with E-state index in [1.165, 1.54) is 0 Å². The van der Waals surface area contributed by atoms with Crippen molar-refractivity contribution in [2.24, 2.45) is 5.41 Å². The molecule has 0 unspecified atom stereocenters. The minimum absolute atomic E-state index is 0.0312. The molecule has 0 aliphatic carbocycles. The standard InChI is InChI=1S/C16H22ClNO3/c1-15(2,3)21-14(19)18-9-16(4,10-18)11-20-13-7-5-12(17)6-8-13/h5-8H,9-11H2,1-4H3. The lowest BCUT2D eigenvalue weighted by Gasteiger charge is -2.47. The van der Waals surface area contributed by atoms with Gasteiger partial charge in [0.1, 0.15) is 11.4 Å². The fourth-order valence-electron chi connectivity index (χ4n) is 2.21. The highest BCUT2D eigenvalue weighted by Gasteiger charge is 2.43. The average Bonchev–Trinajstić information content (AvgIpc) is 2.32. The molecule has 5 heteroatoms. The zero-order valence-electron chi connectivity index (χ0n) is 13.0. The Kier molecular flexibility index (Phi) is 4.38. The Morgan fingerprint density at radius 3 is 2.38 bits per heavy atom. The molecule has 0 atom stereocenters. The van der Waals surface area contributed by atoms with E-state index >= 15 is 0 Å². The highest BCUT2D eigenvalue weighted by molar-refractivity contribution is 6.30. The molecule has 1 aliphatic heterocycles. The van der Waals surface area contributed by atoms with Crippen molar-refractivity contribution in [3.05, 3.63) is 29.3 Å². The number of benzene rings is 1. The van der Waals surface area contributed by atoms with Gasteiger partial charge in [0.2, 0.25) is 0 Å². The summed E-state index contributed by atoms with van der Waals surface area (Å²) in [7, 11) is 0. The molecule has 4 nitrogen and oxygen atoms in total. The number of amides is 1. The minimum atomic E-state index is -0.455. The zero-order chi connectivity index (χ0) is 15.7. The van der Waals surface area contributed by atoms with E-state index in [1.54, 1.807) is 17.0 Å². The Bertz CT molecular complexity index is 501. The van der Waals surface area contributed by atoms with Gasteiger partial charge in [-0.05, 0) is 45.0 Å². The molecule has 0 radical (unpaired) electrons. The van der Waals surface area contributed by atoms with E-state index in [2.05, 4.69) is 6.92 Å². The second-order valence-corrected chi connectivity index (χ2v) is 7.33. The van der Waals surface area contributed by atoms with Crippen molar-refractivity contribution in [2.75, 3.05) is 19.7 Å². The second kappa shape index (κ2) is 5.76. The predicted molar refractivity (Wildman–Crippen MR) is 82.9 cm³/mol. The number of halogens is 1. The van der Waals surface area contributed by atoms with Gasteiger partial charge in [0.05, 0.1) is 6.61 Å². The summed E-state index contributed by atoms with van der Waals surface area (Å²) in [4.78, 5) is 13.6. The molecule has 1 saturated heterocycles. The van der Waals surface area contributed by atoms with Crippen molar-refractivity contribution in [3.8, 4) is 5.75 Å². The number of carbonyl (C=O) groups is 1. The van der Waals surface area contributed by atoms with Crippen molar-refractivity contribution in [1.29, 1.82) is 0 Å². The van der Waals surface area contributed by atoms with E-state index in [9.17, 15) is 4.79 Å². The normalized spacial score (nSPS) is 17.1. The smallest absolute Gasteiger partial charge is 0.410 e. The number of rotatable bonds is 3. The van der Waals surface area contributed by atoms with E-state index < -0.39 is 5.60 Å². The van der Waals surface area contributed by atoms with Gasteiger partial charge < -0.3 is 14.4 Å². The molecule has 1 aromatic rings. The summed E-state index contributed by atoms with van der Waals surface area (Å²) in [5, 5.41) is 0.688. The lowest BCUT2D eigenvalue weighted by Crippen LogP contribution is -2.60. The molecule has 1 fully saturated rings. The van der Waals surface area contributed by atoms with Crippen molar-refractivity contribution >= 4 is 17.7 Å². The highest BCUT2D eigenvalue weighted by atomic mass is 35.5. The molecule has 0 saturated carbocycles. The van der Waals surface area contributed by atoms with Crippen LogP contribution in [0, 0.1) is 5.41 Å². The Hall–Kier alpha value is -1.42. The number of ether oxygens (including phenoxy) is 2. The van der Waals surface area contributed by atoms with Gasteiger partial charge in [0, 0.05) is 23.5 Å². The van der Waals surface area contributed by atoms with Crippen molar-refractivity contribution in [2.45, 2.75) is 33.3 Å². The van der Waals surface area contributed by atoms with Crippen LogP contribution in [0.3, 0.4) is 0 Å². The van der Waals surface area contributed by atoms with Crippen LogP contribution in [0.15, 0.2) is 24.3 Å². The van der Waals surface area contributed by atoms with Crippen LogP contribution in [0.5, 0.6) is 5.75 Å². The van der Waals surface area contributed by atoms with E-state index in [-0.39, 0.29) is 11.5 Å². The molecular weight excluding hydrogens is 290 g/mol. The molecule has 0 spiro atoms. The molecule has 1 aromatic carbocycles. The lowest BCUT2D eigenvalue weighted by molar-refractivity contribution is -0.0428. The van der Waals surface area contributed by atoms with Crippen LogP contribution in [0.2, 0.25) is 5.02 Å². The molecule has 1 aliphatic rings. The van der Waals surface area contributed by atoms with Gasteiger partial charge in [-0.1, -0.05) is 18.5 Å². The topological polar surface area (TPSA) is 38.8 Å². The summed E-state index contributed by atoms with van der Waals surface area (Å²) in [6.07, 6.45) is -0.258. The molecular formula is C16H22ClNO3.